The third kappa shape index (κ3) is 3.93. The summed E-state index contributed by atoms with van der Waals surface area (Å²) in [6.07, 6.45) is 0. The van der Waals surface area contributed by atoms with Crippen molar-refractivity contribution in [2.45, 2.75) is 17.7 Å². The zero-order valence-corrected chi connectivity index (χ0v) is 14.2. The second-order valence-electron chi connectivity index (χ2n) is 4.43. The summed E-state index contributed by atoms with van der Waals surface area (Å²) in [5.41, 5.74) is 6.20. The van der Waals surface area contributed by atoms with Crippen LogP contribution < -0.4 is 5.73 Å². The van der Waals surface area contributed by atoms with Crippen molar-refractivity contribution in [3.63, 3.8) is 0 Å². The second-order valence-corrected chi connectivity index (χ2v) is 8.99. The number of thiophene rings is 2. The van der Waals surface area contributed by atoms with Crippen molar-refractivity contribution in [2.24, 2.45) is 5.73 Å². The zero-order chi connectivity index (χ0) is 15.5. The van der Waals surface area contributed by atoms with E-state index in [0.717, 1.165) is 15.3 Å². The van der Waals surface area contributed by atoms with Crippen molar-refractivity contribution in [1.29, 1.82) is 0 Å². The lowest BCUT2D eigenvalue weighted by molar-refractivity contribution is 0.471. The van der Waals surface area contributed by atoms with Gasteiger partial charge in [-0.3, -0.25) is 0 Å². The van der Waals surface area contributed by atoms with Crippen LogP contribution in [-0.2, 0) is 16.6 Å². The minimum absolute atomic E-state index is 0.317. The van der Waals surface area contributed by atoms with E-state index in [-0.39, 0.29) is 0 Å². The van der Waals surface area contributed by atoms with Gasteiger partial charge in [0.1, 0.15) is 4.21 Å². The Bertz CT molecular complexity index is 778. The molecule has 0 atom stereocenters. The number of nitrogens with two attached hydrogens (primary N) is 1. The van der Waals surface area contributed by atoms with Gasteiger partial charge in [0, 0.05) is 34.3 Å². The average Bonchev–Trinajstić information content (AvgIpc) is 3.05. The van der Waals surface area contributed by atoms with Crippen LogP contribution >= 0.6 is 22.7 Å². The maximum atomic E-state index is 12.4. The van der Waals surface area contributed by atoms with Gasteiger partial charge in [0.05, 0.1) is 6.54 Å². The van der Waals surface area contributed by atoms with Gasteiger partial charge in [-0.15, -0.1) is 22.7 Å². The standard InChI is InChI=1S/C14H16N2O2S3/c1-11-5-6-14(20-11)21(17,18)16(2)9-13-8-12(10-19-13)4-3-7-15/h5-6,8,10H,7,9,15H2,1-2H3. The Morgan fingerprint density at radius 3 is 2.76 bits per heavy atom. The zero-order valence-electron chi connectivity index (χ0n) is 11.8. The van der Waals surface area contributed by atoms with Gasteiger partial charge in [-0.2, -0.15) is 4.31 Å². The highest BCUT2D eigenvalue weighted by Gasteiger charge is 2.22. The maximum absolute atomic E-state index is 12.4. The largest absolute Gasteiger partial charge is 0.320 e. The normalized spacial score (nSPS) is 11.4. The summed E-state index contributed by atoms with van der Waals surface area (Å²) in [7, 11) is -1.83. The molecule has 2 aromatic heterocycles. The summed E-state index contributed by atoms with van der Waals surface area (Å²) in [4.78, 5) is 1.94. The highest BCUT2D eigenvalue weighted by molar-refractivity contribution is 7.91. The Balaban J connectivity index is 2.14. The van der Waals surface area contributed by atoms with Gasteiger partial charge >= 0.3 is 0 Å². The van der Waals surface area contributed by atoms with Gasteiger partial charge in [-0.25, -0.2) is 8.42 Å². The van der Waals surface area contributed by atoms with Crippen LogP contribution in [-0.4, -0.2) is 26.3 Å². The van der Waals surface area contributed by atoms with Crippen molar-refractivity contribution in [2.75, 3.05) is 13.6 Å². The second kappa shape index (κ2) is 6.73. The van der Waals surface area contributed by atoms with Gasteiger partial charge in [-0.05, 0) is 25.1 Å². The van der Waals surface area contributed by atoms with Gasteiger partial charge in [0.25, 0.3) is 10.0 Å². The summed E-state index contributed by atoms with van der Waals surface area (Å²) in [6, 6.07) is 5.37. The molecule has 2 N–H and O–H groups in total. The average molecular weight is 340 g/mol. The van der Waals surface area contributed by atoms with E-state index in [1.54, 1.807) is 13.1 Å². The maximum Gasteiger partial charge on any atom is 0.252 e. The first-order valence-electron chi connectivity index (χ1n) is 6.22. The molecule has 0 fully saturated rings. The molecule has 112 valence electrons. The number of sulfonamides is 1. The molecule has 0 saturated carbocycles. The van der Waals surface area contributed by atoms with E-state index in [4.69, 9.17) is 5.73 Å². The van der Waals surface area contributed by atoms with Crippen LogP contribution in [0.4, 0.5) is 0 Å². The highest BCUT2D eigenvalue weighted by atomic mass is 32.2. The quantitative estimate of drug-likeness (QED) is 0.868. The molecule has 0 aliphatic rings. The van der Waals surface area contributed by atoms with Crippen LogP contribution in [0.15, 0.2) is 27.8 Å². The van der Waals surface area contributed by atoms with E-state index in [1.807, 2.05) is 24.4 Å². The number of aryl methyl sites for hydroxylation is 1. The van der Waals surface area contributed by atoms with E-state index in [2.05, 4.69) is 11.8 Å². The monoisotopic (exact) mass is 340 g/mol. The van der Waals surface area contributed by atoms with E-state index in [1.165, 1.54) is 27.0 Å². The van der Waals surface area contributed by atoms with E-state index >= 15 is 0 Å². The number of rotatable bonds is 4. The summed E-state index contributed by atoms with van der Waals surface area (Å²) in [5.74, 6) is 5.73. The fourth-order valence-corrected chi connectivity index (χ4v) is 5.28. The van der Waals surface area contributed by atoms with E-state index in [0.29, 0.717) is 17.3 Å². The van der Waals surface area contributed by atoms with Crippen molar-refractivity contribution in [3.05, 3.63) is 38.9 Å². The summed E-state index contributed by atoms with van der Waals surface area (Å²) in [6.45, 7) is 2.55. The molecule has 4 nitrogen and oxygen atoms in total. The Labute approximate surface area is 133 Å². The Morgan fingerprint density at radius 2 is 2.14 bits per heavy atom. The minimum atomic E-state index is -3.42. The third-order valence-corrected chi connectivity index (χ3v) is 6.94. The van der Waals surface area contributed by atoms with Gasteiger partial charge in [-0.1, -0.05) is 11.8 Å². The van der Waals surface area contributed by atoms with E-state index in [9.17, 15) is 8.42 Å². The first kappa shape index (κ1) is 16.2. The Morgan fingerprint density at radius 1 is 1.38 bits per heavy atom. The van der Waals surface area contributed by atoms with E-state index < -0.39 is 10.0 Å². The molecule has 0 aliphatic heterocycles. The fourth-order valence-electron chi connectivity index (χ4n) is 1.69. The van der Waals surface area contributed by atoms with Crippen molar-refractivity contribution >= 4 is 32.7 Å². The van der Waals surface area contributed by atoms with Crippen LogP contribution in [0.5, 0.6) is 0 Å². The number of hydrogen-bond donors (Lipinski definition) is 1. The van der Waals surface area contributed by atoms with Crippen LogP contribution in [0.2, 0.25) is 0 Å². The van der Waals surface area contributed by atoms with Crippen molar-refractivity contribution < 1.29 is 8.42 Å². The molecule has 0 radical (unpaired) electrons. The van der Waals surface area contributed by atoms with Gasteiger partial charge < -0.3 is 5.73 Å². The predicted octanol–water partition coefficient (Wildman–Crippen LogP) is 2.25. The lowest BCUT2D eigenvalue weighted by Gasteiger charge is -2.14. The SMILES string of the molecule is Cc1ccc(S(=O)(=O)N(C)Cc2cc(C#CCN)cs2)s1. The van der Waals surface area contributed by atoms with Gasteiger partial charge in [0.15, 0.2) is 0 Å². The fraction of sp³-hybridized carbons (Fsp3) is 0.286. The molecule has 2 aromatic rings. The Kier molecular flexibility index (Phi) is 5.19. The molecular weight excluding hydrogens is 324 g/mol. The van der Waals surface area contributed by atoms with Crippen LogP contribution in [0.25, 0.3) is 0 Å². The molecular formula is C14H16N2O2S3. The summed E-state index contributed by atoms with van der Waals surface area (Å²) < 4.78 is 26.6. The molecule has 0 aromatic carbocycles. The van der Waals surface area contributed by atoms with Crippen molar-refractivity contribution in [1.82, 2.24) is 4.31 Å². The molecule has 0 aliphatic carbocycles. The summed E-state index contributed by atoms with van der Waals surface area (Å²) in [5, 5.41) is 1.91. The molecule has 0 bridgehead atoms. The molecule has 2 heterocycles. The molecule has 0 unspecified atom stereocenters. The number of hydrogen-bond acceptors (Lipinski definition) is 5. The van der Waals surface area contributed by atoms with Gasteiger partial charge in [0.2, 0.25) is 0 Å². The van der Waals surface area contributed by atoms with Crippen molar-refractivity contribution in [3.8, 4) is 11.8 Å². The third-order valence-electron chi connectivity index (χ3n) is 2.75. The lowest BCUT2D eigenvalue weighted by atomic mass is 10.3. The topological polar surface area (TPSA) is 63.4 Å². The highest BCUT2D eigenvalue weighted by Crippen LogP contribution is 2.25. The van der Waals surface area contributed by atoms with Crippen LogP contribution in [0.3, 0.4) is 0 Å². The first-order chi connectivity index (χ1) is 9.93. The molecule has 7 heteroatoms. The minimum Gasteiger partial charge on any atom is -0.320 e. The lowest BCUT2D eigenvalue weighted by Crippen LogP contribution is -2.25. The first-order valence-corrected chi connectivity index (χ1v) is 9.36. The molecule has 0 spiro atoms. The molecule has 21 heavy (non-hydrogen) atoms. The smallest absolute Gasteiger partial charge is 0.252 e. The molecule has 0 saturated heterocycles. The summed E-state index contributed by atoms with van der Waals surface area (Å²) >= 11 is 2.79. The van der Waals surface area contributed by atoms with Crippen LogP contribution in [0.1, 0.15) is 15.3 Å². The molecule has 0 amide bonds. The predicted molar refractivity (Wildman–Crippen MR) is 88.0 cm³/mol. The van der Waals surface area contributed by atoms with Crippen LogP contribution in [0, 0.1) is 18.8 Å². The molecule has 2 rings (SSSR count). The Hall–Kier alpha value is -1.17. The number of nitrogens with zero attached hydrogens (tertiary/aromatic N) is 1.